The van der Waals surface area contributed by atoms with Crippen molar-refractivity contribution < 1.29 is 9.59 Å². The molecule has 0 spiro atoms. The van der Waals surface area contributed by atoms with Crippen LogP contribution in [0, 0.1) is 6.92 Å². The van der Waals surface area contributed by atoms with E-state index in [2.05, 4.69) is 10.3 Å². The van der Waals surface area contributed by atoms with Crippen LogP contribution in [0.4, 0.5) is 5.69 Å². The first kappa shape index (κ1) is 20.7. The smallest absolute Gasteiger partial charge is 0.266 e. The molecule has 0 aliphatic heterocycles. The molecular weight excluding hydrogens is 393 g/mol. The summed E-state index contributed by atoms with van der Waals surface area (Å²) in [7, 11) is 1.59. The van der Waals surface area contributed by atoms with Gasteiger partial charge in [-0.05, 0) is 25.1 Å². The summed E-state index contributed by atoms with van der Waals surface area (Å²) < 4.78 is 0. The molecule has 26 heavy (non-hydrogen) atoms. The lowest BCUT2D eigenvalue weighted by atomic mass is 9.98. The molecule has 0 saturated carbocycles. The Kier molecular flexibility index (Phi) is 6.32. The minimum atomic E-state index is -0.322. The second kappa shape index (κ2) is 7.94. The highest BCUT2D eigenvalue weighted by molar-refractivity contribution is 7.14. The van der Waals surface area contributed by atoms with Crippen LogP contribution in [0.1, 0.15) is 41.1 Å². The molecule has 2 aromatic rings. The maximum atomic E-state index is 12.7. The van der Waals surface area contributed by atoms with Crippen molar-refractivity contribution in [2.75, 3.05) is 18.9 Å². The third-order valence-electron chi connectivity index (χ3n) is 3.56. The van der Waals surface area contributed by atoms with Crippen molar-refractivity contribution in [3.8, 4) is 0 Å². The number of nitrogens with one attached hydrogen (secondary N) is 1. The zero-order valence-corrected chi connectivity index (χ0v) is 17.6. The summed E-state index contributed by atoms with van der Waals surface area (Å²) in [6.07, 6.45) is 0. The van der Waals surface area contributed by atoms with E-state index in [0.29, 0.717) is 26.3 Å². The van der Waals surface area contributed by atoms with Gasteiger partial charge in [-0.3, -0.25) is 9.59 Å². The van der Waals surface area contributed by atoms with Crippen molar-refractivity contribution in [2.45, 2.75) is 33.1 Å². The van der Waals surface area contributed by atoms with Gasteiger partial charge in [0, 0.05) is 18.2 Å². The number of amides is 2. The van der Waals surface area contributed by atoms with Crippen LogP contribution in [-0.2, 0) is 10.2 Å². The van der Waals surface area contributed by atoms with Crippen LogP contribution in [0.25, 0.3) is 0 Å². The van der Waals surface area contributed by atoms with E-state index in [0.717, 1.165) is 5.01 Å². The fourth-order valence-corrected chi connectivity index (χ4v) is 3.57. The summed E-state index contributed by atoms with van der Waals surface area (Å²) in [5, 5.41) is 4.36. The first-order chi connectivity index (χ1) is 12.0. The molecule has 0 unspecified atom stereocenters. The summed E-state index contributed by atoms with van der Waals surface area (Å²) in [5.74, 6) is -0.544. The van der Waals surface area contributed by atoms with E-state index in [1.165, 1.54) is 16.2 Å². The number of aromatic nitrogens is 1. The number of hydrogen-bond donors (Lipinski definition) is 1. The van der Waals surface area contributed by atoms with E-state index < -0.39 is 0 Å². The summed E-state index contributed by atoms with van der Waals surface area (Å²) in [5.41, 5.74) is 1.08. The summed E-state index contributed by atoms with van der Waals surface area (Å²) in [6, 6.07) is 4.81. The Morgan fingerprint density at radius 1 is 1.23 bits per heavy atom. The molecule has 1 heterocycles. The lowest BCUT2D eigenvalue weighted by molar-refractivity contribution is -0.116. The first-order valence-electron chi connectivity index (χ1n) is 7.97. The van der Waals surface area contributed by atoms with Crippen LogP contribution < -0.4 is 5.32 Å². The van der Waals surface area contributed by atoms with Crippen LogP contribution in [0.5, 0.6) is 0 Å². The molecule has 0 radical (unpaired) electrons. The van der Waals surface area contributed by atoms with E-state index in [4.69, 9.17) is 23.2 Å². The van der Waals surface area contributed by atoms with E-state index in [1.54, 1.807) is 25.2 Å². The second-order valence-corrected chi connectivity index (χ2v) is 8.84. The van der Waals surface area contributed by atoms with Gasteiger partial charge in [0.1, 0.15) is 4.88 Å². The average Bonchev–Trinajstić information content (AvgIpc) is 2.92. The molecule has 0 bridgehead atoms. The van der Waals surface area contributed by atoms with Gasteiger partial charge in [-0.2, -0.15) is 0 Å². The van der Waals surface area contributed by atoms with Gasteiger partial charge < -0.3 is 10.2 Å². The van der Waals surface area contributed by atoms with Gasteiger partial charge in [-0.1, -0.05) is 44.0 Å². The van der Waals surface area contributed by atoms with Crippen LogP contribution in [0.2, 0.25) is 10.0 Å². The van der Waals surface area contributed by atoms with Crippen LogP contribution in [0.15, 0.2) is 18.2 Å². The standard InChI is InChI=1S/C18H21Cl2N3O2S/c1-10-15(26-17(21-10)18(2,3)4)16(25)23(5)9-14(24)22-11-6-7-12(19)13(20)8-11/h6-8H,9H2,1-5H3,(H,22,24). The molecule has 0 fully saturated rings. The first-order valence-corrected chi connectivity index (χ1v) is 9.54. The Balaban J connectivity index is 2.05. The molecule has 8 heteroatoms. The summed E-state index contributed by atoms with van der Waals surface area (Å²) in [4.78, 5) is 31.3. The molecule has 0 atom stereocenters. The van der Waals surface area contributed by atoms with E-state index in [9.17, 15) is 9.59 Å². The van der Waals surface area contributed by atoms with Gasteiger partial charge in [0.15, 0.2) is 0 Å². The fourth-order valence-electron chi connectivity index (χ4n) is 2.15. The Labute approximate surface area is 167 Å². The highest BCUT2D eigenvalue weighted by atomic mass is 35.5. The fraction of sp³-hybridized carbons (Fsp3) is 0.389. The molecule has 0 aliphatic carbocycles. The van der Waals surface area contributed by atoms with Crippen LogP contribution >= 0.6 is 34.5 Å². The number of likely N-dealkylation sites (N-methyl/N-ethyl adjacent to an activating group) is 1. The predicted molar refractivity (Wildman–Crippen MR) is 108 cm³/mol. The number of carbonyl (C=O) groups is 2. The quantitative estimate of drug-likeness (QED) is 0.784. The number of halogens is 2. The van der Waals surface area contributed by atoms with E-state index >= 15 is 0 Å². The van der Waals surface area contributed by atoms with Gasteiger partial charge >= 0.3 is 0 Å². The second-order valence-electron chi connectivity index (χ2n) is 7.02. The highest BCUT2D eigenvalue weighted by Gasteiger charge is 2.25. The van der Waals surface area contributed by atoms with Crippen LogP contribution in [0.3, 0.4) is 0 Å². The van der Waals surface area contributed by atoms with Crippen LogP contribution in [-0.4, -0.2) is 35.3 Å². The van der Waals surface area contributed by atoms with Gasteiger partial charge in [-0.15, -0.1) is 11.3 Å². The Hall–Kier alpha value is -1.63. The molecule has 1 N–H and O–H groups in total. The molecule has 1 aromatic heterocycles. The molecule has 2 amide bonds. The maximum Gasteiger partial charge on any atom is 0.266 e. The molecular formula is C18H21Cl2N3O2S. The minimum absolute atomic E-state index is 0.0821. The lowest BCUT2D eigenvalue weighted by Gasteiger charge is -2.16. The molecule has 0 aliphatic rings. The van der Waals surface area contributed by atoms with Gasteiger partial charge in [0.25, 0.3) is 5.91 Å². The Morgan fingerprint density at radius 2 is 1.88 bits per heavy atom. The number of thiazole rings is 1. The summed E-state index contributed by atoms with van der Waals surface area (Å²) in [6.45, 7) is 7.87. The van der Waals surface area contributed by atoms with Crippen molar-refractivity contribution in [3.05, 3.63) is 43.8 Å². The number of aryl methyl sites for hydroxylation is 1. The van der Waals surface area contributed by atoms with E-state index in [-0.39, 0.29) is 23.8 Å². The van der Waals surface area contributed by atoms with Gasteiger partial charge in [0.2, 0.25) is 5.91 Å². The molecule has 140 valence electrons. The monoisotopic (exact) mass is 413 g/mol. The van der Waals surface area contributed by atoms with Crippen molar-refractivity contribution in [2.24, 2.45) is 0 Å². The summed E-state index contributed by atoms with van der Waals surface area (Å²) >= 11 is 13.2. The van der Waals surface area contributed by atoms with Crippen molar-refractivity contribution >= 4 is 52.0 Å². The number of hydrogen-bond acceptors (Lipinski definition) is 4. The van der Waals surface area contributed by atoms with E-state index in [1.807, 2.05) is 27.7 Å². The number of nitrogens with zero attached hydrogens (tertiary/aromatic N) is 2. The lowest BCUT2D eigenvalue weighted by Crippen LogP contribution is -2.34. The third kappa shape index (κ3) is 4.96. The zero-order chi connectivity index (χ0) is 19.6. The molecule has 5 nitrogen and oxygen atoms in total. The number of benzene rings is 1. The molecule has 0 saturated heterocycles. The van der Waals surface area contributed by atoms with Crippen molar-refractivity contribution in [1.82, 2.24) is 9.88 Å². The number of anilines is 1. The Bertz CT molecular complexity index is 843. The van der Waals surface area contributed by atoms with Crippen molar-refractivity contribution in [1.29, 1.82) is 0 Å². The largest absolute Gasteiger partial charge is 0.332 e. The third-order valence-corrected chi connectivity index (χ3v) is 5.87. The number of rotatable bonds is 4. The Morgan fingerprint density at radius 3 is 2.42 bits per heavy atom. The minimum Gasteiger partial charge on any atom is -0.332 e. The SMILES string of the molecule is Cc1nc(C(C)(C)C)sc1C(=O)N(C)CC(=O)Nc1ccc(Cl)c(Cl)c1. The normalized spacial score (nSPS) is 11.3. The van der Waals surface area contributed by atoms with Crippen molar-refractivity contribution in [3.63, 3.8) is 0 Å². The predicted octanol–water partition coefficient (Wildman–Crippen LogP) is 4.77. The van der Waals surface area contributed by atoms with Gasteiger partial charge in [0.05, 0.1) is 27.3 Å². The zero-order valence-electron chi connectivity index (χ0n) is 15.3. The highest BCUT2D eigenvalue weighted by Crippen LogP contribution is 2.30. The molecule has 1 aromatic carbocycles. The molecule has 2 rings (SSSR count). The topological polar surface area (TPSA) is 62.3 Å². The average molecular weight is 414 g/mol. The number of carbonyl (C=O) groups excluding carboxylic acids is 2. The maximum absolute atomic E-state index is 12.7. The van der Waals surface area contributed by atoms with Gasteiger partial charge in [-0.25, -0.2) is 4.98 Å².